The summed E-state index contributed by atoms with van der Waals surface area (Å²) in [5.74, 6) is 0. The van der Waals surface area contributed by atoms with Gasteiger partial charge in [0.2, 0.25) is 0 Å². The summed E-state index contributed by atoms with van der Waals surface area (Å²) in [7, 11) is 0. The van der Waals surface area contributed by atoms with Crippen LogP contribution in [0.4, 0.5) is 0 Å². The third-order valence-electron chi connectivity index (χ3n) is 1.20. The minimum Gasteiger partial charge on any atom is -0.384 e. The highest BCUT2D eigenvalue weighted by Gasteiger charge is 2.09. The topological polar surface area (TPSA) is 20.2 Å². The summed E-state index contributed by atoms with van der Waals surface area (Å²) < 4.78 is 0. The van der Waals surface area contributed by atoms with Crippen molar-refractivity contribution in [3.63, 3.8) is 0 Å². The highest BCUT2D eigenvalue weighted by molar-refractivity contribution is 6.32. The lowest BCUT2D eigenvalue weighted by atomic mass is 10.1. The molecule has 0 aromatic carbocycles. The Balaban J connectivity index is 2.86. The molecule has 1 aliphatic carbocycles. The molecular formula is C7H7ClO. The van der Waals surface area contributed by atoms with Crippen molar-refractivity contribution in [2.45, 2.75) is 6.10 Å². The number of halogens is 1. The fraction of sp³-hybridized carbons (Fsp3) is 0.143. The van der Waals surface area contributed by atoms with Gasteiger partial charge in [-0.2, -0.15) is 0 Å². The predicted molar refractivity (Wildman–Crippen MR) is 38.2 cm³/mol. The maximum Gasteiger partial charge on any atom is 0.0983 e. The summed E-state index contributed by atoms with van der Waals surface area (Å²) in [6.07, 6.45) is 4.45. The number of aliphatic hydroxyl groups excluding tert-OH is 1. The molecule has 1 aliphatic rings. The molecular weight excluding hydrogens is 136 g/mol. The summed E-state index contributed by atoms with van der Waals surface area (Å²) in [5, 5.41) is 9.57. The zero-order valence-electron chi connectivity index (χ0n) is 4.84. The molecule has 0 saturated carbocycles. The molecule has 0 bridgehead atoms. The van der Waals surface area contributed by atoms with Gasteiger partial charge in [-0.25, -0.2) is 0 Å². The number of hydrogen-bond acceptors (Lipinski definition) is 1. The van der Waals surface area contributed by atoms with Crippen LogP contribution in [0.25, 0.3) is 0 Å². The van der Waals surface area contributed by atoms with Crippen LogP contribution in [0.5, 0.6) is 0 Å². The van der Waals surface area contributed by atoms with Gasteiger partial charge >= 0.3 is 0 Å². The number of rotatable bonds is 0. The average molecular weight is 143 g/mol. The maximum absolute atomic E-state index is 9.04. The summed E-state index contributed by atoms with van der Waals surface area (Å²) in [4.78, 5) is 0. The molecule has 0 aromatic rings. The summed E-state index contributed by atoms with van der Waals surface area (Å²) in [6.45, 7) is 3.57. The monoisotopic (exact) mass is 142 g/mol. The van der Waals surface area contributed by atoms with E-state index in [-0.39, 0.29) is 0 Å². The molecule has 0 heterocycles. The van der Waals surface area contributed by atoms with Gasteiger partial charge in [-0.3, -0.25) is 0 Å². The second-order valence-electron chi connectivity index (χ2n) is 1.87. The van der Waals surface area contributed by atoms with Gasteiger partial charge in [0.15, 0.2) is 0 Å². The van der Waals surface area contributed by atoms with Gasteiger partial charge in [0.05, 0.1) is 6.10 Å². The lowest BCUT2D eigenvalue weighted by Crippen LogP contribution is -2.07. The molecule has 0 unspecified atom stereocenters. The van der Waals surface area contributed by atoms with E-state index < -0.39 is 6.10 Å². The maximum atomic E-state index is 9.04. The van der Waals surface area contributed by atoms with E-state index in [2.05, 4.69) is 6.58 Å². The van der Waals surface area contributed by atoms with Crippen molar-refractivity contribution in [3.8, 4) is 0 Å². The first-order valence-corrected chi connectivity index (χ1v) is 3.01. The predicted octanol–water partition coefficient (Wildman–Crippen LogP) is 1.60. The van der Waals surface area contributed by atoms with Crippen LogP contribution in [-0.4, -0.2) is 11.2 Å². The van der Waals surface area contributed by atoms with E-state index in [4.69, 9.17) is 16.7 Å². The lowest BCUT2D eigenvalue weighted by Gasteiger charge is -2.10. The Morgan fingerprint density at radius 3 is 2.78 bits per heavy atom. The Bertz CT molecular complexity index is 191. The summed E-state index contributed by atoms with van der Waals surface area (Å²) >= 11 is 5.61. The van der Waals surface area contributed by atoms with Crippen LogP contribution < -0.4 is 0 Å². The highest BCUT2D eigenvalue weighted by atomic mass is 35.5. The smallest absolute Gasteiger partial charge is 0.0983 e. The van der Waals surface area contributed by atoms with Crippen LogP contribution in [0, 0.1) is 0 Å². The van der Waals surface area contributed by atoms with Gasteiger partial charge in [0, 0.05) is 5.03 Å². The third-order valence-corrected chi connectivity index (χ3v) is 1.57. The Kier molecular flexibility index (Phi) is 1.74. The van der Waals surface area contributed by atoms with Crippen molar-refractivity contribution >= 4 is 11.6 Å². The van der Waals surface area contributed by atoms with Gasteiger partial charge in [-0.05, 0) is 11.6 Å². The van der Waals surface area contributed by atoms with Crippen molar-refractivity contribution in [1.82, 2.24) is 0 Å². The van der Waals surface area contributed by atoms with Crippen LogP contribution in [0.1, 0.15) is 0 Å². The fourth-order valence-corrected chi connectivity index (χ4v) is 0.794. The molecule has 0 aliphatic heterocycles. The van der Waals surface area contributed by atoms with Crippen LogP contribution in [0.3, 0.4) is 0 Å². The minimum absolute atomic E-state index is 0.532. The third kappa shape index (κ3) is 1.23. The van der Waals surface area contributed by atoms with E-state index in [0.717, 1.165) is 0 Å². The molecule has 0 fully saturated rings. The highest BCUT2D eigenvalue weighted by Crippen LogP contribution is 2.20. The van der Waals surface area contributed by atoms with Crippen molar-refractivity contribution in [1.29, 1.82) is 0 Å². The van der Waals surface area contributed by atoms with E-state index in [9.17, 15) is 0 Å². The van der Waals surface area contributed by atoms with E-state index in [1.165, 1.54) is 0 Å². The molecule has 0 amide bonds. The Hall–Kier alpha value is -0.530. The van der Waals surface area contributed by atoms with Crippen LogP contribution >= 0.6 is 11.6 Å². The summed E-state index contributed by atoms with van der Waals surface area (Å²) in [6, 6.07) is 0. The molecule has 0 aromatic heterocycles. The van der Waals surface area contributed by atoms with Gasteiger partial charge in [-0.15, -0.1) is 0 Å². The molecule has 0 radical (unpaired) electrons. The molecule has 2 heteroatoms. The lowest BCUT2D eigenvalue weighted by molar-refractivity contribution is 0.262. The quantitative estimate of drug-likeness (QED) is 0.545. The Morgan fingerprint density at radius 1 is 1.67 bits per heavy atom. The minimum atomic E-state index is -0.595. The second-order valence-corrected chi connectivity index (χ2v) is 2.28. The SMILES string of the molecule is C=C1C(Cl)=CC=C[C@@H]1O. The first-order chi connectivity index (χ1) is 4.22. The van der Waals surface area contributed by atoms with Crippen molar-refractivity contribution in [3.05, 3.63) is 35.4 Å². The molecule has 48 valence electrons. The van der Waals surface area contributed by atoms with Crippen molar-refractivity contribution in [2.75, 3.05) is 0 Å². The molecule has 1 nitrogen and oxygen atoms in total. The summed E-state index contributed by atoms with van der Waals surface area (Å²) in [5.41, 5.74) is 0.569. The van der Waals surface area contributed by atoms with Crippen LogP contribution in [0.15, 0.2) is 35.4 Å². The number of aliphatic hydroxyl groups is 1. The molecule has 1 N–H and O–H groups in total. The largest absolute Gasteiger partial charge is 0.384 e. The normalized spacial score (nSPS) is 26.2. The van der Waals surface area contributed by atoms with Crippen molar-refractivity contribution < 1.29 is 5.11 Å². The average Bonchev–Trinajstić information content (AvgIpc) is 1.83. The standard InChI is InChI=1S/C7H7ClO/c1-5-6(8)3-2-4-7(5)9/h2-4,7,9H,1H2/t7-/m0/s1. The Morgan fingerprint density at radius 2 is 2.33 bits per heavy atom. The first-order valence-electron chi connectivity index (χ1n) is 2.63. The molecule has 1 rings (SSSR count). The van der Waals surface area contributed by atoms with Gasteiger partial charge < -0.3 is 5.11 Å². The molecule has 0 spiro atoms. The number of allylic oxidation sites excluding steroid dienone is 2. The van der Waals surface area contributed by atoms with Gasteiger partial charge in [0.25, 0.3) is 0 Å². The van der Waals surface area contributed by atoms with Crippen molar-refractivity contribution in [2.24, 2.45) is 0 Å². The molecule has 1 atom stereocenters. The number of hydrogen-bond donors (Lipinski definition) is 1. The van der Waals surface area contributed by atoms with Crippen LogP contribution in [0.2, 0.25) is 0 Å². The molecule has 9 heavy (non-hydrogen) atoms. The van der Waals surface area contributed by atoms with E-state index in [1.54, 1.807) is 18.2 Å². The van der Waals surface area contributed by atoms with E-state index in [0.29, 0.717) is 10.6 Å². The van der Waals surface area contributed by atoms with Gasteiger partial charge in [-0.1, -0.05) is 30.3 Å². The first kappa shape index (κ1) is 6.59. The van der Waals surface area contributed by atoms with Crippen LogP contribution in [-0.2, 0) is 0 Å². The van der Waals surface area contributed by atoms with E-state index >= 15 is 0 Å². The van der Waals surface area contributed by atoms with E-state index in [1.807, 2.05) is 0 Å². The second kappa shape index (κ2) is 2.38. The fourth-order valence-electron chi connectivity index (χ4n) is 0.610. The molecule has 0 saturated heterocycles. The Labute approximate surface area is 59.0 Å². The zero-order valence-corrected chi connectivity index (χ0v) is 5.60. The zero-order chi connectivity index (χ0) is 6.85. The van der Waals surface area contributed by atoms with Gasteiger partial charge in [0.1, 0.15) is 0 Å².